The van der Waals surface area contributed by atoms with Gasteiger partial charge in [0.15, 0.2) is 0 Å². The average molecular weight is 194 g/mol. The van der Waals surface area contributed by atoms with Crippen molar-refractivity contribution in [1.82, 2.24) is 10.3 Å². The van der Waals surface area contributed by atoms with Crippen molar-refractivity contribution in [1.29, 1.82) is 0 Å². The molecule has 0 fully saturated rings. The first-order valence-corrected chi connectivity index (χ1v) is 4.99. The fourth-order valence-corrected chi connectivity index (χ4v) is 1.38. The Balaban J connectivity index is 2.68. The van der Waals surface area contributed by atoms with Gasteiger partial charge in [-0.3, -0.25) is 4.98 Å². The number of rotatable bonds is 4. The lowest BCUT2D eigenvalue weighted by atomic mass is 10.1. The quantitative estimate of drug-likeness (QED) is 0.762. The smallest absolute Gasteiger partial charge is 0.0955 e. The van der Waals surface area contributed by atoms with Gasteiger partial charge in [-0.1, -0.05) is 13.0 Å². The molecule has 1 aromatic rings. The van der Waals surface area contributed by atoms with Gasteiger partial charge in [0, 0.05) is 23.5 Å². The minimum atomic E-state index is -0.483. The van der Waals surface area contributed by atoms with Gasteiger partial charge < -0.3 is 10.4 Å². The number of hydrogen-bond acceptors (Lipinski definition) is 3. The van der Waals surface area contributed by atoms with E-state index in [4.69, 9.17) is 0 Å². The Morgan fingerprint density at radius 1 is 1.50 bits per heavy atom. The van der Waals surface area contributed by atoms with E-state index in [0.717, 1.165) is 17.8 Å². The van der Waals surface area contributed by atoms with E-state index in [9.17, 15) is 5.11 Å². The number of aryl methyl sites for hydroxylation is 1. The maximum absolute atomic E-state index is 9.91. The van der Waals surface area contributed by atoms with Gasteiger partial charge in [0.05, 0.1) is 6.10 Å². The predicted octanol–water partition coefficient (Wildman–Crippen LogP) is 1.42. The predicted molar refractivity (Wildman–Crippen MR) is 57.1 cm³/mol. The highest BCUT2D eigenvalue weighted by molar-refractivity contribution is 5.16. The molecule has 78 valence electrons. The van der Waals surface area contributed by atoms with Crippen molar-refractivity contribution in [3.05, 3.63) is 29.6 Å². The first-order chi connectivity index (χ1) is 6.65. The zero-order valence-electron chi connectivity index (χ0n) is 8.99. The third-order valence-corrected chi connectivity index (χ3v) is 2.28. The van der Waals surface area contributed by atoms with E-state index in [-0.39, 0.29) is 6.04 Å². The molecule has 3 heteroatoms. The maximum atomic E-state index is 9.91. The zero-order chi connectivity index (χ0) is 10.6. The van der Waals surface area contributed by atoms with E-state index in [1.165, 1.54) is 0 Å². The van der Waals surface area contributed by atoms with Gasteiger partial charge in [-0.25, -0.2) is 0 Å². The summed E-state index contributed by atoms with van der Waals surface area (Å²) in [7, 11) is 0. The summed E-state index contributed by atoms with van der Waals surface area (Å²) in [6.07, 6.45) is 1.25. The van der Waals surface area contributed by atoms with E-state index in [1.54, 1.807) is 6.20 Å². The molecule has 0 spiro atoms. The fourth-order valence-electron chi connectivity index (χ4n) is 1.38. The molecule has 0 bridgehead atoms. The second-order valence-corrected chi connectivity index (χ2v) is 3.52. The van der Waals surface area contributed by atoms with E-state index in [2.05, 4.69) is 10.3 Å². The number of aromatic nitrogens is 1. The molecule has 0 amide bonds. The Kier molecular flexibility index (Phi) is 4.04. The summed E-state index contributed by atoms with van der Waals surface area (Å²) < 4.78 is 0. The summed E-state index contributed by atoms with van der Waals surface area (Å²) in [5.74, 6) is 0. The molecule has 3 nitrogen and oxygen atoms in total. The molecule has 0 saturated heterocycles. The van der Waals surface area contributed by atoms with Crippen LogP contribution in [0.4, 0.5) is 0 Å². The lowest BCUT2D eigenvalue weighted by molar-refractivity contribution is 0.137. The Hall–Kier alpha value is -0.930. The van der Waals surface area contributed by atoms with Crippen LogP contribution in [-0.4, -0.2) is 22.7 Å². The van der Waals surface area contributed by atoms with Crippen LogP contribution in [0.3, 0.4) is 0 Å². The molecule has 1 rings (SSSR count). The Morgan fingerprint density at radius 2 is 2.21 bits per heavy atom. The highest BCUT2D eigenvalue weighted by atomic mass is 16.3. The number of nitrogens with one attached hydrogen (secondary N) is 1. The number of aliphatic hydroxyl groups is 1. The topological polar surface area (TPSA) is 45.1 Å². The van der Waals surface area contributed by atoms with Gasteiger partial charge in [0.1, 0.15) is 0 Å². The van der Waals surface area contributed by atoms with Crippen LogP contribution in [0.5, 0.6) is 0 Å². The highest BCUT2D eigenvalue weighted by Gasteiger charge is 2.14. The third kappa shape index (κ3) is 2.79. The molecular formula is C11H18N2O. The van der Waals surface area contributed by atoms with E-state index >= 15 is 0 Å². The Morgan fingerprint density at radius 3 is 2.71 bits per heavy atom. The Bertz CT molecular complexity index is 271. The molecule has 14 heavy (non-hydrogen) atoms. The summed E-state index contributed by atoms with van der Waals surface area (Å²) in [6, 6.07) is 3.89. The summed E-state index contributed by atoms with van der Waals surface area (Å²) in [4.78, 5) is 4.15. The second kappa shape index (κ2) is 5.08. The molecule has 2 atom stereocenters. The van der Waals surface area contributed by atoms with Crippen molar-refractivity contribution in [2.75, 3.05) is 6.54 Å². The molecule has 1 aromatic heterocycles. The van der Waals surface area contributed by atoms with Crippen LogP contribution in [0.25, 0.3) is 0 Å². The molecule has 0 aliphatic rings. The van der Waals surface area contributed by atoms with Crippen LogP contribution < -0.4 is 5.32 Å². The summed E-state index contributed by atoms with van der Waals surface area (Å²) in [6.45, 7) is 6.78. The minimum absolute atomic E-state index is 0.0597. The molecule has 0 aliphatic heterocycles. The maximum Gasteiger partial charge on any atom is 0.0955 e. The molecule has 0 aromatic carbocycles. The first kappa shape index (κ1) is 11.1. The normalized spacial score (nSPS) is 15.1. The lowest BCUT2D eigenvalue weighted by Crippen LogP contribution is -2.31. The van der Waals surface area contributed by atoms with Gasteiger partial charge in [-0.05, 0) is 26.5 Å². The average Bonchev–Trinajstić information content (AvgIpc) is 2.18. The summed E-state index contributed by atoms with van der Waals surface area (Å²) in [5, 5.41) is 13.1. The molecule has 0 aliphatic carbocycles. The number of hydrogen-bond donors (Lipinski definition) is 2. The number of aliphatic hydroxyl groups excluding tert-OH is 1. The zero-order valence-corrected chi connectivity index (χ0v) is 8.99. The van der Waals surface area contributed by atoms with Crippen molar-refractivity contribution in [2.45, 2.75) is 32.9 Å². The van der Waals surface area contributed by atoms with Gasteiger partial charge >= 0.3 is 0 Å². The van der Waals surface area contributed by atoms with Crippen molar-refractivity contribution < 1.29 is 5.11 Å². The van der Waals surface area contributed by atoms with Crippen molar-refractivity contribution >= 4 is 0 Å². The van der Waals surface area contributed by atoms with Crippen LogP contribution >= 0.6 is 0 Å². The monoisotopic (exact) mass is 194 g/mol. The SMILES string of the molecule is CCNC(C)C(O)c1ccc(C)nc1. The molecular weight excluding hydrogens is 176 g/mol. The second-order valence-electron chi connectivity index (χ2n) is 3.52. The number of likely N-dealkylation sites (N-methyl/N-ethyl adjacent to an activating group) is 1. The van der Waals surface area contributed by atoms with Crippen LogP contribution in [0.15, 0.2) is 18.3 Å². The van der Waals surface area contributed by atoms with Crippen molar-refractivity contribution in [3.8, 4) is 0 Å². The largest absolute Gasteiger partial charge is 0.387 e. The van der Waals surface area contributed by atoms with Crippen LogP contribution in [0, 0.1) is 6.92 Å². The molecule has 0 saturated carbocycles. The van der Waals surface area contributed by atoms with E-state index < -0.39 is 6.10 Å². The van der Waals surface area contributed by atoms with Gasteiger partial charge in [0.25, 0.3) is 0 Å². The standard InChI is InChI=1S/C11H18N2O/c1-4-12-9(3)11(14)10-6-5-8(2)13-7-10/h5-7,9,11-12,14H,4H2,1-3H3. The summed E-state index contributed by atoms with van der Waals surface area (Å²) in [5.41, 5.74) is 1.83. The van der Waals surface area contributed by atoms with Gasteiger partial charge in [-0.15, -0.1) is 0 Å². The van der Waals surface area contributed by atoms with E-state index in [1.807, 2.05) is 32.9 Å². The van der Waals surface area contributed by atoms with Crippen LogP contribution in [0.1, 0.15) is 31.2 Å². The van der Waals surface area contributed by atoms with Crippen LogP contribution in [-0.2, 0) is 0 Å². The number of pyridine rings is 1. The molecule has 2 N–H and O–H groups in total. The first-order valence-electron chi connectivity index (χ1n) is 4.99. The number of nitrogens with zero attached hydrogens (tertiary/aromatic N) is 1. The van der Waals surface area contributed by atoms with E-state index in [0.29, 0.717) is 0 Å². The highest BCUT2D eigenvalue weighted by Crippen LogP contribution is 2.15. The third-order valence-electron chi connectivity index (χ3n) is 2.28. The van der Waals surface area contributed by atoms with Crippen molar-refractivity contribution in [3.63, 3.8) is 0 Å². The van der Waals surface area contributed by atoms with Crippen molar-refractivity contribution in [2.24, 2.45) is 0 Å². The Labute approximate surface area is 85.2 Å². The fraction of sp³-hybridized carbons (Fsp3) is 0.545. The minimum Gasteiger partial charge on any atom is -0.387 e. The van der Waals surface area contributed by atoms with Gasteiger partial charge in [0.2, 0.25) is 0 Å². The molecule has 2 unspecified atom stereocenters. The summed E-state index contributed by atoms with van der Waals surface area (Å²) >= 11 is 0. The van der Waals surface area contributed by atoms with Gasteiger partial charge in [-0.2, -0.15) is 0 Å². The lowest BCUT2D eigenvalue weighted by Gasteiger charge is -2.19. The molecule has 1 heterocycles. The van der Waals surface area contributed by atoms with Crippen LogP contribution in [0.2, 0.25) is 0 Å². The molecule has 0 radical (unpaired) electrons.